The lowest BCUT2D eigenvalue weighted by Crippen LogP contribution is -2.46. The van der Waals surface area contributed by atoms with E-state index in [-0.39, 0.29) is 44.8 Å². The number of likely N-dealkylation sites (N-methyl/N-ethyl adjacent to an activating group) is 1. The quantitative estimate of drug-likeness (QED) is 0.176. The third-order valence-corrected chi connectivity index (χ3v) is 8.98. The highest BCUT2D eigenvalue weighted by Crippen LogP contribution is 2.41. The number of carbonyl (C=O) groups excluding carboxylic acids is 6. The smallest absolute Gasteiger partial charge is 0.407 e. The first-order chi connectivity index (χ1) is 26.6. The average molecular weight is 796 g/mol. The summed E-state index contributed by atoms with van der Waals surface area (Å²) in [7, 11) is 2.73. The number of ether oxygens (including phenoxy) is 5. The molecule has 3 amide bonds. The Morgan fingerprint density at radius 1 is 0.912 bits per heavy atom. The minimum absolute atomic E-state index is 0.0494. The highest BCUT2D eigenvalue weighted by molar-refractivity contribution is 5.95. The van der Waals surface area contributed by atoms with E-state index in [1.165, 1.54) is 26.0 Å². The van der Waals surface area contributed by atoms with Gasteiger partial charge in [0.2, 0.25) is 11.8 Å². The number of hydrogen-bond donors (Lipinski definition) is 2. The standard InChI is InChI=1S/C43H61N3O11/c1-12-18-54-36-16-14-29-24-32(36)31-22-28(13-15-35(31)55-19-17-44-41(52)57-43(7,8)9)23-33(40(51)53-11)45-38(49)26(2)20-34(48)37(29)46(10)39(50)30(21-27(3)47)25-56-42(4,5)6/h13-16,22,24,26,30,33,37H,12,17-21,23,25H2,1-11H3,(H,44,52)(H,45,49)/t26-,30+,33+,37+/m1/s1. The van der Waals surface area contributed by atoms with Crippen LogP contribution in [0.3, 0.4) is 0 Å². The first-order valence-electron chi connectivity index (χ1n) is 19.4. The Morgan fingerprint density at radius 3 is 2.14 bits per heavy atom. The number of methoxy groups -OCH3 is 1. The van der Waals surface area contributed by atoms with E-state index in [2.05, 4.69) is 10.6 Å². The summed E-state index contributed by atoms with van der Waals surface area (Å²) >= 11 is 0. The fourth-order valence-electron chi connectivity index (χ4n) is 6.28. The van der Waals surface area contributed by atoms with Crippen molar-refractivity contribution < 1.29 is 52.5 Å². The molecule has 0 spiro atoms. The Labute approximate surface area is 336 Å². The topological polar surface area (TPSA) is 176 Å². The molecule has 57 heavy (non-hydrogen) atoms. The largest absolute Gasteiger partial charge is 0.493 e. The molecule has 1 aliphatic rings. The van der Waals surface area contributed by atoms with Crippen LogP contribution in [0.5, 0.6) is 11.5 Å². The van der Waals surface area contributed by atoms with Gasteiger partial charge in [0.05, 0.1) is 38.4 Å². The Morgan fingerprint density at radius 2 is 1.54 bits per heavy atom. The molecule has 1 heterocycles. The Bertz CT molecular complexity index is 1760. The lowest BCUT2D eigenvalue weighted by atomic mass is 9.89. The number of benzene rings is 2. The number of esters is 1. The highest BCUT2D eigenvalue weighted by atomic mass is 16.6. The van der Waals surface area contributed by atoms with Crippen LogP contribution in [0.15, 0.2) is 36.4 Å². The van der Waals surface area contributed by atoms with E-state index >= 15 is 0 Å². The zero-order valence-electron chi connectivity index (χ0n) is 35.4. The molecular weight excluding hydrogens is 734 g/mol. The number of nitrogens with zero attached hydrogens (tertiary/aromatic N) is 1. The molecule has 2 N–H and O–H groups in total. The molecule has 14 nitrogen and oxygen atoms in total. The fraction of sp³-hybridized carbons (Fsp3) is 0.581. The van der Waals surface area contributed by atoms with Crippen LogP contribution in [0.1, 0.15) is 98.7 Å². The van der Waals surface area contributed by atoms with Crippen LogP contribution in [0.25, 0.3) is 11.1 Å². The maximum Gasteiger partial charge on any atom is 0.407 e. The van der Waals surface area contributed by atoms with Crippen molar-refractivity contribution in [1.82, 2.24) is 15.5 Å². The van der Waals surface area contributed by atoms with Gasteiger partial charge in [0.1, 0.15) is 41.6 Å². The van der Waals surface area contributed by atoms with Gasteiger partial charge in [-0.05, 0) is 90.3 Å². The van der Waals surface area contributed by atoms with Crippen molar-refractivity contribution in [2.24, 2.45) is 11.8 Å². The van der Waals surface area contributed by atoms with Gasteiger partial charge in [0, 0.05) is 43.4 Å². The number of nitrogens with one attached hydrogen (secondary N) is 2. The molecule has 3 rings (SSSR count). The molecule has 314 valence electrons. The number of rotatable bonds is 14. The highest BCUT2D eigenvalue weighted by Gasteiger charge is 2.36. The summed E-state index contributed by atoms with van der Waals surface area (Å²) in [6.07, 6.45) is -0.205. The van der Waals surface area contributed by atoms with Crippen molar-refractivity contribution in [3.8, 4) is 22.6 Å². The third kappa shape index (κ3) is 14.2. The monoisotopic (exact) mass is 795 g/mol. The number of alkyl carbamates (subject to hydrolysis) is 1. The van der Waals surface area contributed by atoms with E-state index in [1.807, 2.05) is 33.8 Å². The molecule has 14 heteroatoms. The molecule has 0 radical (unpaired) electrons. The number of Topliss-reactive ketones (excluding diaryl/α,β-unsaturated/α-hetero) is 2. The molecular formula is C43H61N3O11. The minimum Gasteiger partial charge on any atom is -0.493 e. The minimum atomic E-state index is -1.19. The van der Waals surface area contributed by atoms with Gasteiger partial charge in [0.15, 0.2) is 5.78 Å². The maximum absolute atomic E-state index is 14.5. The van der Waals surface area contributed by atoms with Gasteiger partial charge in [0.25, 0.3) is 0 Å². The number of hydrogen-bond acceptors (Lipinski definition) is 11. The number of ketones is 2. The van der Waals surface area contributed by atoms with Crippen LogP contribution in [-0.4, -0.2) is 98.1 Å². The predicted molar refractivity (Wildman–Crippen MR) is 214 cm³/mol. The summed E-state index contributed by atoms with van der Waals surface area (Å²) in [4.78, 5) is 81.4. The van der Waals surface area contributed by atoms with Crippen LogP contribution in [0.2, 0.25) is 0 Å². The predicted octanol–water partition coefficient (Wildman–Crippen LogP) is 5.77. The van der Waals surface area contributed by atoms with Crippen molar-refractivity contribution in [3.63, 3.8) is 0 Å². The van der Waals surface area contributed by atoms with Gasteiger partial charge < -0.3 is 44.0 Å². The Kier molecular flexibility index (Phi) is 16.6. The van der Waals surface area contributed by atoms with E-state index in [1.54, 1.807) is 58.0 Å². The van der Waals surface area contributed by atoms with Crippen molar-refractivity contribution in [2.45, 2.75) is 111 Å². The molecule has 0 fully saturated rings. The van der Waals surface area contributed by atoms with Gasteiger partial charge in [-0.15, -0.1) is 0 Å². The van der Waals surface area contributed by atoms with Crippen LogP contribution < -0.4 is 20.1 Å². The SMILES string of the molecule is CCCOc1ccc2cc1-c1cc(ccc1OCCNC(=O)OC(C)(C)C)C[C@@H](C(=O)OC)NC(=O)[C@H](C)CC(=O)[C@H]2N(C)C(=O)[C@H](COC(C)(C)C)CC(C)=O. The van der Waals surface area contributed by atoms with E-state index in [4.69, 9.17) is 23.7 Å². The number of amides is 3. The van der Waals surface area contributed by atoms with Gasteiger partial charge in [-0.1, -0.05) is 26.0 Å². The number of carbonyl (C=O) groups is 6. The molecule has 4 atom stereocenters. The Balaban J connectivity index is 2.25. The second-order valence-corrected chi connectivity index (χ2v) is 16.4. The summed E-state index contributed by atoms with van der Waals surface area (Å²) in [6, 6.07) is 8.23. The van der Waals surface area contributed by atoms with Crippen LogP contribution in [0.4, 0.5) is 4.79 Å². The molecule has 0 saturated heterocycles. The maximum atomic E-state index is 14.5. The molecule has 2 aromatic carbocycles. The second kappa shape index (κ2) is 20.4. The average Bonchev–Trinajstić information content (AvgIpc) is 3.12. The molecule has 0 aliphatic carbocycles. The fourth-order valence-corrected chi connectivity index (χ4v) is 6.28. The number of fused-ring (bicyclic) bond motifs is 5. The molecule has 1 aliphatic heterocycles. The van der Waals surface area contributed by atoms with Gasteiger partial charge in [-0.25, -0.2) is 9.59 Å². The van der Waals surface area contributed by atoms with Crippen LogP contribution in [-0.2, 0) is 44.6 Å². The summed E-state index contributed by atoms with van der Waals surface area (Å²) in [5, 5.41) is 5.44. The third-order valence-electron chi connectivity index (χ3n) is 8.98. The lowest BCUT2D eigenvalue weighted by molar-refractivity contribution is -0.147. The molecule has 0 unspecified atom stereocenters. The zero-order chi connectivity index (χ0) is 42.7. The Hall–Kier alpha value is -4.98. The van der Waals surface area contributed by atoms with E-state index in [9.17, 15) is 28.8 Å². The van der Waals surface area contributed by atoms with Crippen molar-refractivity contribution in [3.05, 3.63) is 47.5 Å². The van der Waals surface area contributed by atoms with Crippen molar-refractivity contribution >= 4 is 35.4 Å². The first kappa shape index (κ1) is 46.4. The van der Waals surface area contributed by atoms with Gasteiger partial charge in [-0.3, -0.25) is 14.4 Å². The lowest BCUT2D eigenvalue weighted by Gasteiger charge is -2.33. The van der Waals surface area contributed by atoms with E-state index in [0.717, 1.165) is 0 Å². The molecule has 0 aromatic heterocycles. The van der Waals surface area contributed by atoms with Crippen molar-refractivity contribution in [1.29, 1.82) is 0 Å². The molecule has 4 bridgehead atoms. The van der Waals surface area contributed by atoms with Crippen molar-refractivity contribution in [2.75, 3.05) is 40.5 Å². The second-order valence-electron chi connectivity index (χ2n) is 16.4. The van der Waals surface area contributed by atoms with Crippen LogP contribution >= 0.6 is 0 Å². The summed E-state index contributed by atoms with van der Waals surface area (Å²) in [5.74, 6) is -3.24. The van der Waals surface area contributed by atoms with Crippen LogP contribution in [0, 0.1) is 11.8 Å². The first-order valence-corrected chi connectivity index (χ1v) is 19.4. The summed E-state index contributed by atoms with van der Waals surface area (Å²) in [6.45, 7) is 16.3. The van der Waals surface area contributed by atoms with Gasteiger partial charge >= 0.3 is 12.1 Å². The summed E-state index contributed by atoms with van der Waals surface area (Å²) < 4.78 is 28.8. The van der Waals surface area contributed by atoms with E-state index in [0.29, 0.717) is 46.8 Å². The molecule has 2 aromatic rings. The summed E-state index contributed by atoms with van der Waals surface area (Å²) in [5.41, 5.74) is 0.890. The van der Waals surface area contributed by atoms with Gasteiger partial charge in [-0.2, -0.15) is 0 Å². The normalized spacial score (nSPS) is 18.0. The zero-order valence-corrected chi connectivity index (χ0v) is 35.4. The molecule has 0 saturated carbocycles. The van der Waals surface area contributed by atoms with E-state index < -0.39 is 64.8 Å².